The lowest BCUT2D eigenvalue weighted by Gasteiger charge is -2.09. The van der Waals surface area contributed by atoms with E-state index in [-0.39, 0.29) is 11.7 Å². The molecular formula is C12H12ClFN4O. The highest BCUT2D eigenvalue weighted by atomic mass is 35.5. The van der Waals surface area contributed by atoms with Crippen LogP contribution in [0.1, 0.15) is 6.92 Å². The van der Waals surface area contributed by atoms with E-state index in [9.17, 15) is 4.39 Å². The normalized spacial score (nSPS) is 10.3. The van der Waals surface area contributed by atoms with Crippen LogP contribution in [0, 0.1) is 5.82 Å². The van der Waals surface area contributed by atoms with Crippen molar-refractivity contribution in [3.63, 3.8) is 0 Å². The first-order chi connectivity index (χ1) is 9.10. The quantitative estimate of drug-likeness (QED) is 0.902. The summed E-state index contributed by atoms with van der Waals surface area (Å²) in [6.45, 7) is 2.19. The molecule has 19 heavy (non-hydrogen) atoms. The van der Waals surface area contributed by atoms with Crippen molar-refractivity contribution >= 4 is 29.1 Å². The Hall–Kier alpha value is -2.08. The van der Waals surface area contributed by atoms with Crippen LogP contribution in [0.5, 0.6) is 5.75 Å². The first-order valence-electron chi connectivity index (χ1n) is 5.57. The Labute approximate surface area is 114 Å². The molecule has 7 heteroatoms. The standard InChI is InChI=1S/C12H12ClFN4O/c1-2-19-10-4-3-7(5-9(10)14)17-11-8(13)6-16-12(15)18-11/h3-6H,2H2,1H3,(H3,15,16,17,18). The van der Waals surface area contributed by atoms with E-state index in [1.807, 2.05) is 0 Å². The van der Waals surface area contributed by atoms with Crippen molar-refractivity contribution in [3.05, 3.63) is 35.2 Å². The number of aromatic nitrogens is 2. The number of nitrogens with zero attached hydrogens (tertiary/aromatic N) is 2. The number of anilines is 3. The average Bonchev–Trinajstić information content (AvgIpc) is 2.37. The Balaban J connectivity index is 2.24. The largest absolute Gasteiger partial charge is 0.491 e. The topological polar surface area (TPSA) is 73.1 Å². The third-order valence-corrected chi connectivity index (χ3v) is 2.53. The van der Waals surface area contributed by atoms with Crippen molar-refractivity contribution in [1.29, 1.82) is 0 Å². The Morgan fingerprint density at radius 1 is 1.47 bits per heavy atom. The van der Waals surface area contributed by atoms with E-state index in [1.165, 1.54) is 18.3 Å². The molecule has 0 aliphatic rings. The van der Waals surface area contributed by atoms with Crippen molar-refractivity contribution in [3.8, 4) is 5.75 Å². The molecule has 1 aromatic carbocycles. The van der Waals surface area contributed by atoms with Gasteiger partial charge in [0, 0.05) is 11.8 Å². The number of nitrogens with one attached hydrogen (secondary N) is 1. The number of halogens is 2. The number of benzene rings is 1. The lowest BCUT2D eigenvalue weighted by Crippen LogP contribution is -2.01. The predicted molar refractivity (Wildman–Crippen MR) is 72.3 cm³/mol. The Kier molecular flexibility index (Phi) is 4.01. The van der Waals surface area contributed by atoms with Gasteiger partial charge in [-0.1, -0.05) is 11.6 Å². The van der Waals surface area contributed by atoms with Gasteiger partial charge in [0.1, 0.15) is 5.02 Å². The molecule has 2 rings (SSSR count). The zero-order chi connectivity index (χ0) is 13.8. The molecule has 3 N–H and O–H groups in total. The Bertz CT molecular complexity index is 594. The minimum Gasteiger partial charge on any atom is -0.491 e. The summed E-state index contributed by atoms with van der Waals surface area (Å²) >= 11 is 5.91. The van der Waals surface area contributed by atoms with E-state index in [4.69, 9.17) is 22.1 Å². The van der Waals surface area contributed by atoms with Gasteiger partial charge in [0.25, 0.3) is 0 Å². The van der Waals surface area contributed by atoms with Crippen molar-refractivity contribution in [1.82, 2.24) is 9.97 Å². The van der Waals surface area contributed by atoms with Gasteiger partial charge in [-0.05, 0) is 19.1 Å². The summed E-state index contributed by atoms with van der Waals surface area (Å²) in [5, 5.41) is 3.16. The number of hydrogen-bond acceptors (Lipinski definition) is 5. The molecule has 1 aromatic heterocycles. The molecule has 0 amide bonds. The van der Waals surface area contributed by atoms with Crippen molar-refractivity contribution in [2.24, 2.45) is 0 Å². The van der Waals surface area contributed by atoms with Crippen LogP contribution in [-0.4, -0.2) is 16.6 Å². The first kappa shape index (κ1) is 13.4. The van der Waals surface area contributed by atoms with Gasteiger partial charge in [0.15, 0.2) is 17.4 Å². The molecule has 1 heterocycles. The number of nitrogen functional groups attached to an aromatic ring is 1. The smallest absolute Gasteiger partial charge is 0.222 e. The van der Waals surface area contributed by atoms with E-state index >= 15 is 0 Å². The van der Waals surface area contributed by atoms with Gasteiger partial charge < -0.3 is 15.8 Å². The monoisotopic (exact) mass is 282 g/mol. The molecule has 100 valence electrons. The zero-order valence-corrected chi connectivity index (χ0v) is 10.9. The lowest BCUT2D eigenvalue weighted by atomic mass is 10.3. The minimum absolute atomic E-state index is 0.0818. The average molecular weight is 283 g/mol. The maximum Gasteiger partial charge on any atom is 0.222 e. The molecule has 0 aliphatic carbocycles. The molecule has 5 nitrogen and oxygen atoms in total. The maximum atomic E-state index is 13.7. The van der Waals surface area contributed by atoms with Gasteiger partial charge in [0.05, 0.1) is 12.8 Å². The molecule has 0 radical (unpaired) electrons. The molecule has 2 aromatic rings. The third-order valence-electron chi connectivity index (χ3n) is 2.26. The second kappa shape index (κ2) is 5.71. The van der Waals surface area contributed by atoms with Gasteiger partial charge >= 0.3 is 0 Å². The lowest BCUT2D eigenvalue weighted by molar-refractivity contribution is 0.321. The molecule has 0 unspecified atom stereocenters. The molecule has 0 fully saturated rings. The molecule has 0 spiro atoms. The molecule has 0 aliphatic heterocycles. The summed E-state index contributed by atoms with van der Waals surface area (Å²) < 4.78 is 18.8. The van der Waals surface area contributed by atoms with E-state index in [1.54, 1.807) is 13.0 Å². The van der Waals surface area contributed by atoms with Crippen molar-refractivity contribution < 1.29 is 9.13 Å². The van der Waals surface area contributed by atoms with Gasteiger partial charge in [-0.3, -0.25) is 0 Å². The second-order valence-electron chi connectivity index (χ2n) is 3.63. The fourth-order valence-electron chi connectivity index (χ4n) is 1.46. The zero-order valence-electron chi connectivity index (χ0n) is 10.2. The summed E-state index contributed by atoms with van der Waals surface area (Å²) in [5.41, 5.74) is 5.95. The highest BCUT2D eigenvalue weighted by Crippen LogP contribution is 2.26. The van der Waals surface area contributed by atoms with Gasteiger partial charge in [0.2, 0.25) is 5.95 Å². The van der Waals surface area contributed by atoms with Crippen molar-refractivity contribution in [2.75, 3.05) is 17.7 Å². The maximum absolute atomic E-state index is 13.7. The number of ether oxygens (including phenoxy) is 1. The molecule has 0 atom stereocenters. The van der Waals surface area contributed by atoms with Gasteiger partial charge in [-0.15, -0.1) is 0 Å². The predicted octanol–water partition coefficient (Wildman–Crippen LogP) is 2.99. The van der Waals surface area contributed by atoms with Crippen LogP contribution < -0.4 is 15.8 Å². The first-order valence-corrected chi connectivity index (χ1v) is 5.95. The summed E-state index contributed by atoms with van der Waals surface area (Å²) in [5.74, 6) is 0.127. The fraction of sp³-hybridized carbons (Fsp3) is 0.167. The van der Waals surface area contributed by atoms with E-state index < -0.39 is 5.82 Å². The molecule has 0 bridgehead atoms. The number of hydrogen-bond donors (Lipinski definition) is 2. The Morgan fingerprint density at radius 2 is 2.26 bits per heavy atom. The summed E-state index contributed by atoms with van der Waals surface area (Å²) in [6, 6.07) is 4.47. The van der Waals surface area contributed by atoms with Gasteiger partial charge in [-0.2, -0.15) is 4.98 Å². The number of nitrogens with two attached hydrogens (primary N) is 1. The van der Waals surface area contributed by atoms with E-state index in [0.29, 0.717) is 23.1 Å². The van der Waals surface area contributed by atoms with Crippen LogP contribution in [0.3, 0.4) is 0 Å². The van der Waals surface area contributed by atoms with Crippen LogP contribution in [-0.2, 0) is 0 Å². The van der Waals surface area contributed by atoms with Crippen molar-refractivity contribution in [2.45, 2.75) is 6.92 Å². The van der Waals surface area contributed by atoms with Crippen LogP contribution in [0.15, 0.2) is 24.4 Å². The molecular weight excluding hydrogens is 271 g/mol. The van der Waals surface area contributed by atoms with Crippen LogP contribution in [0.25, 0.3) is 0 Å². The van der Waals surface area contributed by atoms with Gasteiger partial charge in [-0.25, -0.2) is 9.37 Å². The van der Waals surface area contributed by atoms with Crippen LogP contribution in [0.4, 0.5) is 21.8 Å². The second-order valence-corrected chi connectivity index (χ2v) is 4.04. The minimum atomic E-state index is -0.468. The highest BCUT2D eigenvalue weighted by molar-refractivity contribution is 6.32. The third kappa shape index (κ3) is 3.23. The summed E-state index contributed by atoms with van der Waals surface area (Å²) in [7, 11) is 0. The number of rotatable bonds is 4. The van der Waals surface area contributed by atoms with E-state index in [0.717, 1.165) is 0 Å². The van der Waals surface area contributed by atoms with E-state index in [2.05, 4.69) is 15.3 Å². The van der Waals surface area contributed by atoms with Crippen LogP contribution in [0.2, 0.25) is 5.02 Å². The summed E-state index contributed by atoms with van der Waals surface area (Å²) in [6.07, 6.45) is 1.37. The summed E-state index contributed by atoms with van der Waals surface area (Å²) in [4.78, 5) is 7.66. The molecule has 0 saturated heterocycles. The molecule has 0 saturated carbocycles. The van der Waals surface area contributed by atoms with Crippen LogP contribution >= 0.6 is 11.6 Å². The SMILES string of the molecule is CCOc1ccc(Nc2nc(N)ncc2Cl)cc1F. The highest BCUT2D eigenvalue weighted by Gasteiger charge is 2.07. The fourth-order valence-corrected chi connectivity index (χ4v) is 1.59. The Morgan fingerprint density at radius 3 is 2.95 bits per heavy atom.